The Labute approximate surface area is 215 Å². The van der Waals surface area contributed by atoms with Gasteiger partial charge >= 0.3 is 6.18 Å². The lowest BCUT2D eigenvalue weighted by Crippen LogP contribution is -2.54. The van der Waals surface area contributed by atoms with Gasteiger partial charge in [0.15, 0.2) is 11.6 Å². The number of nitrogens with zero attached hydrogens (tertiary/aromatic N) is 3. The molecule has 0 unspecified atom stereocenters. The van der Waals surface area contributed by atoms with Gasteiger partial charge in [-0.05, 0) is 62.3 Å². The van der Waals surface area contributed by atoms with E-state index >= 15 is 0 Å². The van der Waals surface area contributed by atoms with Crippen LogP contribution in [-0.4, -0.2) is 67.4 Å². The van der Waals surface area contributed by atoms with Crippen LogP contribution >= 0.6 is 0 Å². The lowest BCUT2D eigenvalue weighted by molar-refractivity contribution is -0.146. The van der Waals surface area contributed by atoms with Gasteiger partial charge in [0.2, 0.25) is 5.91 Å². The molecule has 3 saturated heterocycles. The van der Waals surface area contributed by atoms with Crippen molar-refractivity contribution < 1.29 is 31.8 Å². The van der Waals surface area contributed by atoms with Crippen LogP contribution in [0.2, 0.25) is 0 Å². The molecule has 5 rings (SSSR count). The van der Waals surface area contributed by atoms with Gasteiger partial charge in [-0.3, -0.25) is 4.79 Å². The van der Waals surface area contributed by atoms with Crippen LogP contribution in [0, 0.1) is 29.0 Å². The fourth-order valence-corrected chi connectivity index (χ4v) is 7.38. The second-order valence-corrected chi connectivity index (χ2v) is 11.7. The summed E-state index contributed by atoms with van der Waals surface area (Å²) >= 11 is 0. The number of carbonyl (C=O) groups is 1. The molecule has 10 heteroatoms. The number of pyridine rings is 1. The van der Waals surface area contributed by atoms with E-state index in [9.17, 15) is 22.4 Å². The van der Waals surface area contributed by atoms with E-state index in [0.717, 1.165) is 44.9 Å². The summed E-state index contributed by atoms with van der Waals surface area (Å²) in [6, 6.07) is 0.294. The summed E-state index contributed by atoms with van der Waals surface area (Å²) < 4.78 is 65.7. The molecule has 1 aliphatic carbocycles. The molecule has 4 fully saturated rings. The van der Waals surface area contributed by atoms with Crippen LogP contribution in [0.25, 0.3) is 0 Å². The zero-order valence-electron chi connectivity index (χ0n) is 21.8. The number of rotatable bonds is 6. The van der Waals surface area contributed by atoms with Crippen LogP contribution < -0.4 is 4.90 Å². The molecule has 3 aliphatic heterocycles. The first-order chi connectivity index (χ1) is 17.5. The number of hydrogen-bond donors (Lipinski definition) is 0. The number of alkyl halides is 3. The van der Waals surface area contributed by atoms with E-state index in [-0.39, 0.29) is 35.8 Å². The maximum absolute atomic E-state index is 14.8. The lowest BCUT2D eigenvalue weighted by atomic mass is 9.73. The number of ether oxygens (including phenoxy) is 2. The van der Waals surface area contributed by atoms with Crippen molar-refractivity contribution in [1.29, 1.82) is 0 Å². The molecule has 6 atom stereocenters. The Hall–Kier alpha value is -1.94. The number of piperazine rings is 1. The third kappa shape index (κ3) is 4.73. The average Bonchev–Trinajstić information content (AvgIpc) is 3.58. The Morgan fingerprint density at radius 1 is 1.27 bits per heavy atom. The van der Waals surface area contributed by atoms with Crippen LogP contribution in [0.4, 0.5) is 23.4 Å². The van der Waals surface area contributed by atoms with Crippen molar-refractivity contribution in [3.05, 3.63) is 23.6 Å². The van der Waals surface area contributed by atoms with Gasteiger partial charge in [-0.25, -0.2) is 9.37 Å². The van der Waals surface area contributed by atoms with Gasteiger partial charge in [0.25, 0.3) is 0 Å². The van der Waals surface area contributed by atoms with Gasteiger partial charge in [-0.1, -0.05) is 13.8 Å². The highest BCUT2D eigenvalue weighted by molar-refractivity contribution is 5.84. The van der Waals surface area contributed by atoms with Crippen LogP contribution in [0.1, 0.15) is 57.9 Å². The zero-order valence-corrected chi connectivity index (χ0v) is 21.8. The number of carbonyl (C=O) groups excluding carboxylic acids is 1. The Balaban J connectivity index is 1.28. The Bertz CT molecular complexity index is 1010. The van der Waals surface area contributed by atoms with Crippen molar-refractivity contribution in [3.8, 4) is 0 Å². The van der Waals surface area contributed by atoms with Crippen molar-refractivity contribution in [1.82, 2.24) is 9.88 Å². The van der Waals surface area contributed by atoms with E-state index in [2.05, 4.69) is 18.8 Å². The molecule has 6 nitrogen and oxygen atoms in total. The Kier molecular flexibility index (Phi) is 7.19. The van der Waals surface area contributed by atoms with Crippen molar-refractivity contribution >= 4 is 11.7 Å². The largest absolute Gasteiger partial charge is 0.419 e. The van der Waals surface area contributed by atoms with E-state index in [1.165, 1.54) is 0 Å². The number of aromatic nitrogens is 1. The number of hydrogen-bond acceptors (Lipinski definition) is 5. The predicted octanol–water partition coefficient (Wildman–Crippen LogP) is 4.91. The second-order valence-electron chi connectivity index (χ2n) is 11.7. The Morgan fingerprint density at radius 2 is 2.05 bits per heavy atom. The van der Waals surface area contributed by atoms with Gasteiger partial charge in [-0.2, -0.15) is 13.2 Å². The maximum Gasteiger partial charge on any atom is 0.419 e. The summed E-state index contributed by atoms with van der Waals surface area (Å²) in [7, 11) is 1.73. The number of methoxy groups -OCH3 is 1. The smallest absolute Gasteiger partial charge is 0.379 e. The van der Waals surface area contributed by atoms with Crippen molar-refractivity contribution in [2.45, 2.75) is 76.7 Å². The van der Waals surface area contributed by atoms with E-state index in [4.69, 9.17) is 9.47 Å². The van der Waals surface area contributed by atoms with E-state index in [1.54, 1.807) is 12.0 Å². The first-order valence-corrected chi connectivity index (χ1v) is 13.4. The quantitative estimate of drug-likeness (QED) is 0.492. The minimum Gasteiger partial charge on any atom is -0.379 e. The highest BCUT2D eigenvalue weighted by atomic mass is 19.4. The number of halogens is 4. The van der Waals surface area contributed by atoms with E-state index < -0.39 is 23.0 Å². The summed E-state index contributed by atoms with van der Waals surface area (Å²) in [6.07, 6.45) is 1.66. The van der Waals surface area contributed by atoms with E-state index in [0.29, 0.717) is 44.0 Å². The summed E-state index contributed by atoms with van der Waals surface area (Å²) in [5.41, 5.74) is -1.74. The van der Waals surface area contributed by atoms with E-state index in [1.807, 2.05) is 4.90 Å². The molecular weight excluding hydrogens is 490 g/mol. The molecule has 37 heavy (non-hydrogen) atoms. The minimum absolute atomic E-state index is 0.101. The van der Waals surface area contributed by atoms with Gasteiger partial charge < -0.3 is 19.3 Å². The number of fused-ring (bicyclic) bond motifs is 2. The lowest BCUT2D eigenvalue weighted by Gasteiger charge is -2.42. The minimum atomic E-state index is -4.78. The molecule has 1 amide bonds. The van der Waals surface area contributed by atoms with Gasteiger partial charge in [0, 0.05) is 33.0 Å². The molecule has 1 aromatic rings. The molecular formula is C27H37F4N3O3. The zero-order chi connectivity index (χ0) is 26.5. The first-order valence-electron chi connectivity index (χ1n) is 13.4. The molecule has 4 heterocycles. The molecule has 0 radical (unpaired) electrons. The molecule has 2 bridgehead atoms. The van der Waals surface area contributed by atoms with Crippen LogP contribution in [0.5, 0.6) is 0 Å². The van der Waals surface area contributed by atoms with Crippen LogP contribution in [0.15, 0.2) is 12.3 Å². The first kappa shape index (κ1) is 26.7. The number of anilines is 1. The predicted molar refractivity (Wildman–Crippen MR) is 129 cm³/mol. The summed E-state index contributed by atoms with van der Waals surface area (Å²) in [4.78, 5) is 21.6. The summed E-state index contributed by atoms with van der Waals surface area (Å²) in [5.74, 6) is -0.376. The fraction of sp³-hybridized carbons (Fsp3) is 0.778. The van der Waals surface area contributed by atoms with Crippen molar-refractivity contribution in [2.75, 3.05) is 38.3 Å². The van der Waals surface area contributed by atoms with Gasteiger partial charge in [-0.15, -0.1) is 0 Å². The van der Waals surface area contributed by atoms with Crippen LogP contribution in [0.3, 0.4) is 0 Å². The third-order valence-corrected chi connectivity index (χ3v) is 9.51. The van der Waals surface area contributed by atoms with Gasteiger partial charge in [0.1, 0.15) is 0 Å². The standard InChI is InChI=1S/C27H37F4N3O3/c1-16(2)26(7-4-17(12-26)10-18-6-9-37-15-22(18)36-3)25(35)34-14-19-11-20(34)13-33(19)24-23(28)21(5-8-32-24)27(29,30)31/h5,8,16-20,22H,4,6-7,9-15H2,1-3H3/t17-,18+,19-,20-,22+,26-/m0/s1. The normalized spacial score (nSPS) is 34.1. The Morgan fingerprint density at radius 3 is 2.70 bits per heavy atom. The highest BCUT2D eigenvalue weighted by Gasteiger charge is 2.55. The average molecular weight is 528 g/mol. The monoisotopic (exact) mass is 527 g/mol. The summed E-state index contributed by atoms with van der Waals surface area (Å²) in [5, 5.41) is 0. The van der Waals surface area contributed by atoms with Crippen LogP contribution in [-0.2, 0) is 20.4 Å². The topological polar surface area (TPSA) is 54.9 Å². The molecule has 1 aromatic heterocycles. The van der Waals surface area contributed by atoms with Crippen molar-refractivity contribution in [2.24, 2.45) is 23.2 Å². The highest BCUT2D eigenvalue weighted by Crippen LogP contribution is 2.52. The summed E-state index contributed by atoms with van der Waals surface area (Å²) in [6.45, 7) is 6.31. The number of amides is 1. The van der Waals surface area contributed by atoms with Gasteiger partial charge in [0.05, 0.1) is 35.8 Å². The molecule has 0 N–H and O–H groups in total. The SMILES string of the molecule is CO[C@@H]1COCC[C@@H]1C[C@@H]1CC[C@@](C(=O)N2C[C@@H]3C[C@H]2CN3c2nccc(C(F)(F)F)c2F)(C(C)C)C1. The number of likely N-dealkylation sites (tertiary alicyclic amines) is 1. The molecule has 1 saturated carbocycles. The second kappa shape index (κ2) is 9.98. The maximum atomic E-state index is 14.8. The third-order valence-electron chi connectivity index (χ3n) is 9.51. The van der Waals surface area contributed by atoms with Crippen molar-refractivity contribution in [3.63, 3.8) is 0 Å². The molecule has 0 aromatic carbocycles. The fourth-order valence-electron chi connectivity index (χ4n) is 7.38. The molecule has 0 spiro atoms. The molecule has 206 valence electrons. The molecule has 4 aliphatic rings.